The summed E-state index contributed by atoms with van der Waals surface area (Å²) >= 11 is 0. The second kappa shape index (κ2) is 8.67. The molecule has 4 aliphatic rings. The molecule has 1 fully saturated rings. The van der Waals surface area contributed by atoms with Gasteiger partial charge in [-0.1, -0.05) is 103 Å². The van der Waals surface area contributed by atoms with Crippen LogP contribution in [0.15, 0.2) is 125 Å². The summed E-state index contributed by atoms with van der Waals surface area (Å²) in [5.74, 6) is 0.422. The quantitative estimate of drug-likeness (QED) is 0.417. The zero-order chi connectivity index (χ0) is 22.1. The maximum Gasteiger partial charge on any atom is 0.0281 e. The van der Waals surface area contributed by atoms with E-state index in [9.17, 15) is 0 Å². The number of hydrogen-bond donors (Lipinski definition) is 0. The fraction of sp³-hybridized carbons (Fsp3) is 0.273. The van der Waals surface area contributed by atoms with Gasteiger partial charge in [0.1, 0.15) is 0 Å². The summed E-state index contributed by atoms with van der Waals surface area (Å²) in [4.78, 5) is 0. The molecule has 0 heterocycles. The van der Waals surface area contributed by atoms with Gasteiger partial charge in [0, 0.05) is 5.92 Å². The van der Waals surface area contributed by atoms with Crippen molar-refractivity contribution in [2.24, 2.45) is 5.92 Å². The van der Waals surface area contributed by atoms with E-state index in [1.165, 1.54) is 71.1 Å². The van der Waals surface area contributed by atoms with Crippen LogP contribution in [0.2, 0.25) is 0 Å². The van der Waals surface area contributed by atoms with E-state index in [-0.39, 0.29) is 0 Å². The molecule has 0 amide bonds. The zero-order valence-electron chi connectivity index (χ0n) is 19.3. The first-order valence-corrected chi connectivity index (χ1v) is 12.6. The van der Waals surface area contributed by atoms with Crippen LogP contribution in [0.1, 0.15) is 48.8 Å². The number of benzene rings is 2. The van der Waals surface area contributed by atoms with Crippen molar-refractivity contribution in [2.75, 3.05) is 0 Å². The average Bonchev–Trinajstić information content (AvgIpc) is 3.51. The second-order valence-electron chi connectivity index (χ2n) is 10.1. The van der Waals surface area contributed by atoms with Crippen LogP contribution < -0.4 is 0 Å². The Bertz CT molecular complexity index is 1200. The Morgan fingerprint density at radius 1 is 0.788 bits per heavy atom. The first kappa shape index (κ1) is 20.5. The third-order valence-electron chi connectivity index (χ3n) is 7.96. The number of fused-ring (bicyclic) bond motifs is 1. The van der Waals surface area contributed by atoms with Gasteiger partial charge in [-0.2, -0.15) is 0 Å². The molecule has 0 saturated heterocycles. The second-order valence-corrected chi connectivity index (χ2v) is 10.1. The van der Waals surface area contributed by atoms with Gasteiger partial charge in [-0.05, 0) is 89.3 Å². The molecule has 0 spiro atoms. The van der Waals surface area contributed by atoms with E-state index in [1.807, 2.05) is 0 Å². The maximum absolute atomic E-state index is 2.40. The molecular weight excluding hydrogens is 396 g/mol. The van der Waals surface area contributed by atoms with Crippen molar-refractivity contribution >= 4 is 0 Å². The lowest BCUT2D eigenvalue weighted by molar-refractivity contribution is 0.619. The molecule has 164 valence electrons. The van der Waals surface area contributed by atoms with Gasteiger partial charge in [0.15, 0.2) is 0 Å². The number of aryl methyl sites for hydroxylation is 1. The van der Waals surface area contributed by atoms with Gasteiger partial charge < -0.3 is 0 Å². The summed E-state index contributed by atoms with van der Waals surface area (Å²) in [5, 5.41) is 0. The summed E-state index contributed by atoms with van der Waals surface area (Å²) in [5.41, 5.74) is 10.7. The minimum atomic E-state index is 0.422. The monoisotopic (exact) mass is 428 g/mol. The summed E-state index contributed by atoms with van der Waals surface area (Å²) < 4.78 is 0. The molecule has 0 bridgehead atoms. The molecule has 0 nitrogen and oxygen atoms in total. The predicted octanol–water partition coefficient (Wildman–Crippen LogP) is 8.15. The van der Waals surface area contributed by atoms with Crippen molar-refractivity contribution in [3.63, 3.8) is 0 Å². The lowest BCUT2D eigenvalue weighted by Crippen LogP contribution is -2.12. The average molecular weight is 429 g/mol. The minimum Gasteiger partial charge on any atom is -0.0836 e. The lowest BCUT2D eigenvalue weighted by Gasteiger charge is -2.26. The summed E-state index contributed by atoms with van der Waals surface area (Å²) in [6.45, 7) is 0. The topological polar surface area (TPSA) is 0 Å². The maximum atomic E-state index is 2.40. The van der Waals surface area contributed by atoms with Gasteiger partial charge in [-0.25, -0.2) is 0 Å². The zero-order valence-corrected chi connectivity index (χ0v) is 19.3. The Morgan fingerprint density at radius 2 is 1.61 bits per heavy atom. The third-order valence-corrected chi connectivity index (χ3v) is 7.96. The van der Waals surface area contributed by atoms with Gasteiger partial charge in [0.05, 0.1) is 0 Å². The summed E-state index contributed by atoms with van der Waals surface area (Å²) in [6, 6.07) is 20.5. The highest BCUT2D eigenvalue weighted by Gasteiger charge is 2.43. The third kappa shape index (κ3) is 4.15. The van der Waals surface area contributed by atoms with Crippen LogP contribution in [0.25, 0.3) is 0 Å². The van der Waals surface area contributed by atoms with Gasteiger partial charge in [-0.3, -0.25) is 0 Å². The van der Waals surface area contributed by atoms with Crippen molar-refractivity contribution in [1.82, 2.24) is 0 Å². The molecule has 0 N–H and O–H groups in total. The number of allylic oxidation sites excluding steroid dienone is 12. The van der Waals surface area contributed by atoms with E-state index in [2.05, 4.69) is 103 Å². The Kier molecular flexibility index (Phi) is 5.38. The van der Waals surface area contributed by atoms with Crippen LogP contribution in [0.4, 0.5) is 0 Å². The van der Waals surface area contributed by atoms with Crippen LogP contribution in [0.3, 0.4) is 0 Å². The summed E-state index contributed by atoms with van der Waals surface area (Å²) in [6.07, 6.45) is 27.1. The molecule has 0 heteroatoms. The predicted molar refractivity (Wildman–Crippen MR) is 139 cm³/mol. The highest BCUT2D eigenvalue weighted by atomic mass is 14.5. The van der Waals surface area contributed by atoms with Crippen LogP contribution in [-0.4, -0.2) is 0 Å². The highest BCUT2D eigenvalue weighted by molar-refractivity contribution is 5.60. The smallest absolute Gasteiger partial charge is 0.0281 e. The molecule has 2 aromatic rings. The molecule has 0 aliphatic heterocycles. The van der Waals surface area contributed by atoms with Crippen molar-refractivity contribution < 1.29 is 0 Å². The van der Waals surface area contributed by atoms with Gasteiger partial charge in [0.2, 0.25) is 0 Å². The molecule has 1 unspecified atom stereocenters. The Labute approximate surface area is 198 Å². The van der Waals surface area contributed by atoms with Crippen molar-refractivity contribution in [1.29, 1.82) is 0 Å². The van der Waals surface area contributed by atoms with Gasteiger partial charge >= 0.3 is 0 Å². The van der Waals surface area contributed by atoms with Crippen LogP contribution in [0, 0.1) is 5.92 Å². The van der Waals surface area contributed by atoms with Crippen molar-refractivity contribution in [3.8, 4) is 0 Å². The number of hydrogen-bond acceptors (Lipinski definition) is 0. The standard InChI is InChI=1S/C33H32/c1-3-8-27(9-4-1)31-19-18-28(30-12-7-13-32(30)31)24-26-16-14-25(15-17-26)20-21-33(22-23-33)29-10-5-2-6-11-29/h2-3,5-19,32H,1,4,20-24H2. The minimum absolute atomic E-state index is 0.422. The van der Waals surface area contributed by atoms with Gasteiger partial charge in [-0.15, -0.1) is 0 Å². The fourth-order valence-corrected chi connectivity index (χ4v) is 5.76. The SMILES string of the molecule is C1=CC2C(C3=CCCC=C3)=CC=C(Cc3ccc(CCC4(c5ccccc5)CC4)cc3)C2=C1. The molecule has 4 aliphatic carbocycles. The van der Waals surface area contributed by atoms with Crippen molar-refractivity contribution in [2.45, 2.75) is 50.4 Å². The van der Waals surface area contributed by atoms with Gasteiger partial charge in [0.25, 0.3) is 0 Å². The molecule has 2 aromatic carbocycles. The highest BCUT2D eigenvalue weighted by Crippen LogP contribution is 2.51. The molecule has 6 rings (SSSR count). The molecule has 0 aromatic heterocycles. The van der Waals surface area contributed by atoms with E-state index in [0.717, 1.165) is 12.8 Å². The van der Waals surface area contributed by atoms with Crippen LogP contribution >= 0.6 is 0 Å². The molecule has 0 radical (unpaired) electrons. The first-order valence-electron chi connectivity index (χ1n) is 12.6. The molecule has 1 atom stereocenters. The van der Waals surface area contributed by atoms with E-state index < -0.39 is 0 Å². The summed E-state index contributed by atoms with van der Waals surface area (Å²) in [7, 11) is 0. The van der Waals surface area contributed by atoms with E-state index in [0.29, 0.717) is 11.3 Å². The van der Waals surface area contributed by atoms with E-state index in [1.54, 1.807) is 0 Å². The molecular formula is C33H32. The Hall–Kier alpha value is -3.12. The largest absolute Gasteiger partial charge is 0.0836 e. The fourth-order valence-electron chi connectivity index (χ4n) is 5.76. The Morgan fingerprint density at radius 3 is 2.36 bits per heavy atom. The first-order chi connectivity index (χ1) is 16.3. The van der Waals surface area contributed by atoms with E-state index >= 15 is 0 Å². The normalized spacial score (nSPS) is 22.2. The van der Waals surface area contributed by atoms with Crippen LogP contribution in [-0.2, 0) is 18.3 Å². The van der Waals surface area contributed by atoms with Crippen molar-refractivity contribution in [3.05, 3.63) is 142 Å². The lowest BCUT2D eigenvalue weighted by atomic mass is 9.78. The van der Waals surface area contributed by atoms with Crippen LogP contribution in [0.5, 0.6) is 0 Å². The Balaban J connectivity index is 1.13. The molecule has 33 heavy (non-hydrogen) atoms. The van der Waals surface area contributed by atoms with E-state index in [4.69, 9.17) is 0 Å². The molecule has 1 saturated carbocycles. The number of rotatable bonds is 7.